The van der Waals surface area contributed by atoms with Gasteiger partial charge in [-0.05, 0) is 67.5 Å². The molecule has 4 N–H and O–H groups in total. The first-order valence-electron chi connectivity index (χ1n) is 13.7. The number of anilines is 1. The minimum atomic E-state index is -4.00. The van der Waals surface area contributed by atoms with Gasteiger partial charge in [0.25, 0.3) is 5.91 Å². The van der Waals surface area contributed by atoms with Gasteiger partial charge in [0, 0.05) is 37.0 Å². The summed E-state index contributed by atoms with van der Waals surface area (Å²) in [5.41, 5.74) is 1.72. The number of furan rings is 1. The average molecular weight is 617 g/mol. The van der Waals surface area contributed by atoms with Gasteiger partial charge in [0.2, 0.25) is 21.8 Å². The summed E-state index contributed by atoms with van der Waals surface area (Å²) in [6, 6.07) is 8.61. The molecule has 3 amide bonds. The summed E-state index contributed by atoms with van der Waals surface area (Å²) in [6.45, 7) is -0.758. The van der Waals surface area contributed by atoms with Crippen molar-refractivity contribution >= 4 is 50.4 Å². The van der Waals surface area contributed by atoms with Crippen molar-refractivity contribution in [1.82, 2.24) is 16.0 Å². The van der Waals surface area contributed by atoms with Gasteiger partial charge in [0.15, 0.2) is 0 Å². The molecule has 12 nitrogen and oxygen atoms in total. The molecule has 0 spiro atoms. The molecule has 0 atom stereocenters. The van der Waals surface area contributed by atoms with Crippen molar-refractivity contribution in [3.63, 3.8) is 0 Å². The van der Waals surface area contributed by atoms with Crippen LogP contribution in [0.1, 0.15) is 53.9 Å². The first-order valence-corrected chi connectivity index (χ1v) is 15.5. The number of rotatable bonds is 14. The highest BCUT2D eigenvalue weighted by atomic mass is 32.2. The molecule has 0 saturated heterocycles. The lowest BCUT2D eigenvalue weighted by Gasteiger charge is -2.24. The smallest absolute Gasteiger partial charge is 0.303 e. The van der Waals surface area contributed by atoms with E-state index in [-0.39, 0.29) is 41.5 Å². The number of nitrogens with zero attached hydrogens (tertiary/aromatic N) is 1. The third kappa shape index (κ3) is 7.89. The quantitative estimate of drug-likeness (QED) is 0.200. The standard InChI is InChI=1S/C29H33FN4O8S/c1-31-29(39)27-21-13-20(17-6-7-17)22(14-23(21)42-28(27)18-8-10-19(30)11-9-18)34(43(2,40)41)16-25(36)33-15-24(35)32-12-4-3-5-26(37)38/h8-11,13-14,17H,3-7,12,15-16H2,1-2H3,(H,31,39)(H,32,35)(H,33,36)(H,37,38). The summed E-state index contributed by atoms with van der Waals surface area (Å²) in [6.07, 6.45) is 3.37. The van der Waals surface area contributed by atoms with Crippen LogP contribution in [0.5, 0.6) is 0 Å². The van der Waals surface area contributed by atoms with Crippen LogP contribution in [-0.4, -0.2) is 70.2 Å². The fraction of sp³-hybridized carbons (Fsp3) is 0.379. The Morgan fingerprint density at radius 1 is 1.05 bits per heavy atom. The van der Waals surface area contributed by atoms with E-state index in [0.29, 0.717) is 29.4 Å². The molecule has 0 bridgehead atoms. The van der Waals surface area contributed by atoms with Gasteiger partial charge in [-0.2, -0.15) is 0 Å². The molecule has 1 heterocycles. The number of fused-ring (bicyclic) bond motifs is 1. The molecule has 1 saturated carbocycles. The Labute approximate surface area is 247 Å². The van der Waals surface area contributed by atoms with E-state index >= 15 is 0 Å². The van der Waals surface area contributed by atoms with Crippen LogP contribution in [0.3, 0.4) is 0 Å². The summed E-state index contributed by atoms with van der Waals surface area (Å²) >= 11 is 0. The summed E-state index contributed by atoms with van der Waals surface area (Å²) < 4.78 is 46.5. The molecule has 0 aliphatic heterocycles. The number of carbonyl (C=O) groups excluding carboxylic acids is 3. The monoisotopic (exact) mass is 616 g/mol. The second-order valence-electron chi connectivity index (χ2n) is 10.3. The highest BCUT2D eigenvalue weighted by Gasteiger charge is 2.34. The van der Waals surface area contributed by atoms with Crippen LogP contribution in [-0.2, 0) is 24.4 Å². The fourth-order valence-corrected chi connectivity index (χ4v) is 5.55. The number of hydrogen-bond acceptors (Lipinski definition) is 7. The predicted octanol–water partition coefficient (Wildman–Crippen LogP) is 2.73. The minimum Gasteiger partial charge on any atom is -0.481 e. The van der Waals surface area contributed by atoms with E-state index in [1.807, 2.05) is 0 Å². The van der Waals surface area contributed by atoms with E-state index in [1.54, 1.807) is 6.07 Å². The number of halogens is 1. The molecule has 1 aliphatic rings. The first-order chi connectivity index (χ1) is 20.4. The van der Waals surface area contributed by atoms with Crippen LogP contribution >= 0.6 is 0 Å². The van der Waals surface area contributed by atoms with E-state index in [9.17, 15) is 32.0 Å². The Hall–Kier alpha value is -4.46. The normalized spacial score (nSPS) is 13.0. The van der Waals surface area contributed by atoms with Gasteiger partial charge in [0.1, 0.15) is 23.7 Å². The molecule has 14 heteroatoms. The summed E-state index contributed by atoms with van der Waals surface area (Å²) in [5.74, 6) is -2.86. The predicted molar refractivity (Wildman–Crippen MR) is 157 cm³/mol. The molecule has 2 aromatic carbocycles. The number of unbranched alkanes of at least 4 members (excludes halogenated alkanes) is 1. The van der Waals surface area contributed by atoms with Crippen LogP contribution in [0.4, 0.5) is 10.1 Å². The number of nitrogens with one attached hydrogen (secondary N) is 3. The molecule has 0 unspecified atom stereocenters. The Morgan fingerprint density at radius 3 is 2.35 bits per heavy atom. The lowest BCUT2D eigenvalue weighted by Crippen LogP contribution is -2.44. The van der Waals surface area contributed by atoms with Crippen molar-refractivity contribution in [3.05, 3.63) is 53.3 Å². The highest BCUT2D eigenvalue weighted by Crippen LogP contribution is 2.48. The van der Waals surface area contributed by atoms with Crippen molar-refractivity contribution in [1.29, 1.82) is 0 Å². The number of carbonyl (C=O) groups is 4. The molecule has 230 valence electrons. The van der Waals surface area contributed by atoms with Crippen molar-refractivity contribution in [2.24, 2.45) is 0 Å². The zero-order valence-electron chi connectivity index (χ0n) is 23.7. The van der Waals surface area contributed by atoms with Crippen LogP contribution in [0.25, 0.3) is 22.3 Å². The van der Waals surface area contributed by atoms with Gasteiger partial charge in [-0.15, -0.1) is 0 Å². The highest BCUT2D eigenvalue weighted by molar-refractivity contribution is 7.92. The Bertz CT molecular complexity index is 1650. The number of benzene rings is 2. The summed E-state index contributed by atoms with van der Waals surface area (Å²) in [5, 5.41) is 16.7. The Balaban J connectivity index is 1.61. The van der Waals surface area contributed by atoms with Gasteiger partial charge < -0.3 is 25.5 Å². The maximum atomic E-state index is 13.6. The minimum absolute atomic E-state index is 0.000301. The van der Waals surface area contributed by atoms with Gasteiger partial charge in [-0.1, -0.05) is 0 Å². The number of sulfonamides is 1. The van der Waals surface area contributed by atoms with E-state index in [4.69, 9.17) is 9.52 Å². The molecule has 0 radical (unpaired) electrons. The van der Waals surface area contributed by atoms with E-state index < -0.39 is 52.6 Å². The molecular weight excluding hydrogens is 583 g/mol. The largest absolute Gasteiger partial charge is 0.481 e. The molecule has 1 aliphatic carbocycles. The second kappa shape index (κ2) is 13.2. The van der Waals surface area contributed by atoms with E-state index in [0.717, 1.165) is 23.4 Å². The molecular formula is C29H33FN4O8S. The number of carboxylic acid groups (broad SMARTS) is 1. The van der Waals surface area contributed by atoms with Crippen LogP contribution < -0.4 is 20.3 Å². The second-order valence-corrected chi connectivity index (χ2v) is 12.2. The van der Waals surface area contributed by atoms with Crippen molar-refractivity contribution in [3.8, 4) is 11.3 Å². The van der Waals surface area contributed by atoms with Crippen LogP contribution in [0, 0.1) is 5.82 Å². The van der Waals surface area contributed by atoms with Gasteiger partial charge in [-0.25, -0.2) is 12.8 Å². The van der Waals surface area contributed by atoms with Crippen molar-refractivity contribution in [2.45, 2.75) is 38.0 Å². The third-order valence-corrected chi connectivity index (χ3v) is 8.08. The van der Waals surface area contributed by atoms with Crippen LogP contribution in [0.15, 0.2) is 40.8 Å². The Kier molecular flexibility index (Phi) is 9.69. The molecule has 1 aromatic heterocycles. The van der Waals surface area contributed by atoms with Crippen LogP contribution in [0.2, 0.25) is 0 Å². The lowest BCUT2D eigenvalue weighted by atomic mass is 10.0. The van der Waals surface area contributed by atoms with Gasteiger partial charge in [0.05, 0.1) is 24.1 Å². The van der Waals surface area contributed by atoms with Gasteiger partial charge in [-0.3, -0.25) is 23.5 Å². The van der Waals surface area contributed by atoms with Gasteiger partial charge >= 0.3 is 5.97 Å². The number of amides is 3. The zero-order valence-corrected chi connectivity index (χ0v) is 24.6. The van der Waals surface area contributed by atoms with E-state index in [2.05, 4.69) is 16.0 Å². The zero-order chi connectivity index (χ0) is 31.3. The maximum Gasteiger partial charge on any atom is 0.303 e. The average Bonchev–Trinajstić information content (AvgIpc) is 3.73. The first kappa shape index (κ1) is 31.5. The molecule has 3 aromatic rings. The summed E-state index contributed by atoms with van der Waals surface area (Å²) in [4.78, 5) is 48.5. The number of carboxylic acids is 1. The third-order valence-electron chi connectivity index (χ3n) is 6.96. The summed E-state index contributed by atoms with van der Waals surface area (Å²) in [7, 11) is -2.53. The topological polar surface area (TPSA) is 175 Å². The number of hydrogen-bond donors (Lipinski definition) is 4. The molecule has 4 rings (SSSR count). The number of aliphatic carboxylic acids is 1. The fourth-order valence-electron chi connectivity index (χ4n) is 4.68. The van der Waals surface area contributed by atoms with E-state index in [1.165, 1.54) is 37.4 Å². The maximum absolute atomic E-state index is 13.6. The molecule has 1 fully saturated rings. The molecule has 43 heavy (non-hydrogen) atoms. The van der Waals surface area contributed by atoms with Crippen molar-refractivity contribution < 1.29 is 41.5 Å². The van der Waals surface area contributed by atoms with Crippen molar-refractivity contribution in [2.75, 3.05) is 37.2 Å². The Morgan fingerprint density at radius 2 is 1.74 bits per heavy atom. The SMILES string of the molecule is CNC(=O)c1c(-c2ccc(F)cc2)oc2cc(N(CC(=O)NCC(=O)NCCCCC(=O)O)S(C)(=O)=O)c(C3CC3)cc12. The lowest BCUT2D eigenvalue weighted by molar-refractivity contribution is -0.137.